The van der Waals surface area contributed by atoms with Crippen molar-refractivity contribution in [2.24, 2.45) is 0 Å². The van der Waals surface area contributed by atoms with Crippen LogP contribution < -0.4 is 10.1 Å². The number of aryl methyl sites for hydroxylation is 5. The first kappa shape index (κ1) is 18.7. The number of nitrogens with one attached hydrogen (secondary N) is 1. The van der Waals surface area contributed by atoms with E-state index in [4.69, 9.17) is 9.26 Å². The van der Waals surface area contributed by atoms with Crippen LogP contribution in [-0.4, -0.2) is 20.8 Å². The topological polar surface area (TPSA) is 82.2 Å². The molecule has 7 heteroatoms. The Kier molecular flexibility index (Phi) is 5.30. The third kappa shape index (κ3) is 4.19. The Morgan fingerprint density at radius 2 is 1.89 bits per heavy atom. The minimum absolute atomic E-state index is 0.203. The van der Waals surface area contributed by atoms with Crippen molar-refractivity contribution in [2.45, 2.75) is 47.8 Å². The summed E-state index contributed by atoms with van der Waals surface area (Å²) in [4.78, 5) is 12.7. The van der Waals surface area contributed by atoms with Gasteiger partial charge in [0.15, 0.2) is 5.69 Å². The van der Waals surface area contributed by atoms with Crippen molar-refractivity contribution in [1.29, 1.82) is 0 Å². The van der Waals surface area contributed by atoms with E-state index in [2.05, 4.69) is 21.6 Å². The Hall–Kier alpha value is -3.09. The van der Waals surface area contributed by atoms with Gasteiger partial charge < -0.3 is 14.6 Å². The Morgan fingerprint density at radius 3 is 2.52 bits per heavy atom. The molecule has 0 aliphatic heterocycles. The SMILES string of the molecule is CCn1cc(NC(=O)c2noc(C)c2COc2cc(C)cc(C)c2)c(C)n1. The number of benzene rings is 1. The van der Waals surface area contributed by atoms with Crippen molar-refractivity contribution in [1.82, 2.24) is 14.9 Å². The fourth-order valence-corrected chi connectivity index (χ4v) is 2.90. The molecule has 0 saturated heterocycles. The predicted molar refractivity (Wildman–Crippen MR) is 102 cm³/mol. The summed E-state index contributed by atoms with van der Waals surface area (Å²) < 4.78 is 12.9. The molecule has 3 aromatic rings. The summed E-state index contributed by atoms with van der Waals surface area (Å²) in [6.07, 6.45) is 1.80. The molecule has 0 spiro atoms. The minimum atomic E-state index is -0.343. The lowest BCUT2D eigenvalue weighted by Crippen LogP contribution is -2.15. The average Bonchev–Trinajstić information content (AvgIpc) is 3.15. The molecule has 0 aliphatic rings. The number of amides is 1. The lowest BCUT2D eigenvalue weighted by molar-refractivity contribution is 0.101. The molecule has 1 aromatic carbocycles. The highest BCUT2D eigenvalue weighted by Gasteiger charge is 2.21. The summed E-state index contributed by atoms with van der Waals surface area (Å²) in [5.74, 6) is 0.967. The molecule has 0 radical (unpaired) electrons. The van der Waals surface area contributed by atoms with Crippen molar-refractivity contribution in [3.63, 3.8) is 0 Å². The molecule has 142 valence electrons. The van der Waals surface area contributed by atoms with Crippen molar-refractivity contribution in [2.75, 3.05) is 5.32 Å². The fraction of sp³-hybridized carbons (Fsp3) is 0.350. The monoisotopic (exact) mass is 368 g/mol. The fourth-order valence-electron chi connectivity index (χ4n) is 2.90. The number of rotatable bonds is 6. The van der Waals surface area contributed by atoms with E-state index >= 15 is 0 Å². The van der Waals surface area contributed by atoms with Crippen LogP contribution in [0.25, 0.3) is 0 Å². The first-order valence-electron chi connectivity index (χ1n) is 8.89. The van der Waals surface area contributed by atoms with E-state index in [9.17, 15) is 4.79 Å². The van der Waals surface area contributed by atoms with Gasteiger partial charge in [-0.2, -0.15) is 5.10 Å². The van der Waals surface area contributed by atoms with E-state index in [1.165, 1.54) is 0 Å². The molecule has 1 N–H and O–H groups in total. The molecule has 3 rings (SSSR count). The molecule has 1 amide bonds. The standard InChI is InChI=1S/C20H24N4O3/c1-6-24-10-18(14(4)22-24)21-20(25)19-17(15(5)27-23-19)11-26-16-8-12(2)7-13(3)9-16/h7-10H,6,11H2,1-5H3,(H,21,25). The molecule has 2 aromatic heterocycles. The second-order valence-electron chi connectivity index (χ2n) is 6.62. The summed E-state index contributed by atoms with van der Waals surface area (Å²) in [7, 11) is 0. The normalized spacial score (nSPS) is 10.9. The molecule has 0 atom stereocenters. The molecule has 0 aliphatic carbocycles. The van der Waals surface area contributed by atoms with E-state index in [0.717, 1.165) is 29.1 Å². The first-order valence-corrected chi connectivity index (χ1v) is 8.89. The highest BCUT2D eigenvalue weighted by atomic mass is 16.5. The molecular formula is C20H24N4O3. The van der Waals surface area contributed by atoms with Gasteiger partial charge in [-0.05, 0) is 57.9 Å². The summed E-state index contributed by atoms with van der Waals surface area (Å²) >= 11 is 0. The van der Waals surface area contributed by atoms with Gasteiger partial charge in [0.05, 0.1) is 16.9 Å². The zero-order valence-electron chi connectivity index (χ0n) is 16.3. The maximum absolute atomic E-state index is 12.7. The maximum Gasteiger partial charge on any atom is 0.278 e. The van der Waals surface area contributed by atoms with Crippen LogP contribution in [-0.2, 0) is 13.2 Å². The van der Waals surface area contributed by atoms with Crippen LogP contribution in [0.5, 0.6) is 5.75 Å². The summed E-state index contributed by atoms with van der Waals surface area (Å²) in [5, 5.41) is 11.1. The van der Waals surface area contributed by atoms with E-state index in [1.807, 2.05) is 39.8 Å². The number of anilines is 1. The maximum atomic E-state index is 12.7. The van der Waals surface area contributed by atoms with Gasteiger partial charge in [0.25, 0.3) is 5.91 Å². The van der Waals surface area contributed by atoms with Crippen molar-refractivity contribution in [3.8, 4) is 5.75 Å². The van der Waals surface area contributed by atoms with Gasteiger partial charge in [0, 0.05) is 12.7 Å². The van der Waals surface area contributed by atoms with E-state index in [1.54, 1.807) is 17.8 Å². The Bertz CT molecular complexity index is 952. The highest BCUT2D eigenvalue weighted by molar-refractivity contribution is 6.04. The van der Waals surface area contributed by atoms with Gasteiger partial charge in [-0.3, -0.25) is 9.48 Å². The van der Waals surface area contributed by atoms with Gasteiger partial charge >= 0.3 is 0 Å². The highest BCUT2D eigenvalue weighted by Crippen LogP contribution is 2.22. The first-order chi connectivity index (χ1) is 12.9. The number of ether oxygens (including phenoxy) is 1. The van der Waals surface area contributed by atoms with Gasteiger partial charge in [-0.15, -0.1) is 0 Å². The largest absolute Gasteiger partial charge is 0.489 e. The smallest absolute Gasteiger partial charge is 0.278 e. The Balaban J connectivity index is 1.77. The molecule has 0 saturated carbocycles. The zero-order chi connectivity index (χ0) is 19.6. The van der Waals surface area contributed by atoms with Crippen molar-refractivity contribution >= 4 is 11.6 Å². The van der Waals surface area contributed by atoms with Gasteiger partial charge in [-0.1, -0.05) is 11.2 Å². The van der Waals surface area contributed by atoms with Crippen LogP contribution in [0.1, 0.15) is 45.6 Å². The van der Waals surface area contributed by atoms with Crippen molar-refractivity contribution in [3.05, 3.63) is 58.2 Å². The average molecular weight is 368 g/mol. The van der Waals surface area contributed by atoms with Crippen molar-refractivity contribution < 1.29 is 14.1 Å². The van der Waals surface area contributed by atoms with E-state index in [0.29, 0.717) is 17.0 Å². The minimum Gasteiger partial charge on any atom is -0.489 e. The van der Waals surface area contributed by atoms with Crippen LogP contribution in [0.2, 0.25) is 0 Å². The second-order valence-corrected chi connectivity index (χ2v) is 6.62. The molecule has 2 heterocycles. The molecular weight excluding hydrogens is 344 g/mol. The number of nitrogens with zero attached hydrogens (tertiary/aromatic N) is 3. The Morgan fingerprint density at radius 1 is 1.19 bits per heavy atom. The predicted octanol–water partition coefficient (Wildman–Crippen LogP) is 3.96. The molecule has 0 unspecified atom stereocenters. The van der Waals surface area contributed by atoms with Crippen LogP contribution in [0.15, 0.2) is 28.9 Å². The molecule has 27 heavy (non-hydrogen) atoms. The number of carbonyl (C=O) groups is 1. The third-order valence-corrected chi connectivity index (χ3v) is 4.30. The Labute approximate surface area is 158 Å². The van der Waals surface area contributed by atoms with E-state index in [-0.39, 0.29) is 18.2 Å². The third-order valence-electron chi connectivity index (χ3n) is 4.30. The second kappa shape index (κ2) is 7.65. The van der Waals surface area contributed by atoms with Gasteiger partial charge in [-0.25, -0.2) is 0 Å². The lowest BCUT2D eigenvalue weighted by Gasteiger charge is -2.09. The zero-order valence-corrected chi connectivity index (χ0v) is 16.3. The summed E-state index contributed by atoms with van der Waals surface area (Å²) in [6.45, 7) is 10.6. The van der Waals surface area contributed by atoms with Gasteiger partial charge in [0.2, 0.25) is 0 Å². The van der Waals surface area contributed by atoms with Crippen LogP contribution in [0, 0.1) is 27.7 Å². The number of carbonyl (C=O) groups excluding carboxylic acids is 1. The lowest BCUT2D eigenvalue weighted by atomic mass is 10.1. The van der Waals surface area contributed by atoms with Gasteiger partial charge in [0.1, 0.15) is 18.1 Å². The molecule has 0 bridgehead atoms. The van der Waals surface area contributed by atoms with E-state index < -0.39 is 0 Å². The number of hydrogen-bond donors (Lipinski definition) is 1. The number of aromatic nitrogens is 3. The van der Waals surface area contributed by atoms with Crippen LogP contribution >= 0.6 is 0 Å². The molecule has 0 fully saturated rings. The van der Waals surface area contributed by atoms with Crippen LogP contribution in [0.3, 0.4) is 0 Å². The summed E-state index contributed by atoms with van der Waals surface area (Å²) in [5.41, 5.74) is 4.50. The quantitative estimate of drug-likeness (QED) is 0.712. The molecule has 7 nitrogen and oxygen atoms in total. The number of hydrogen-bond acceptors (Lipinski definition) is 5. The summed E-state index contributed by atoms with van der Waals surface area (Å²) in [6, 6.07) is 5.99. The van der Waals surface area contributed by atoms with Crippen LogP contribution in [0.4, 0.5) is 5.69 Å².